The Kier molecular flexibility index (Phi) is 3.76. The van der Waals surface area contributed by atoms with Crippen molar-refractivity contribution in [2.24, 2.45) is 0 Å². The SMILES string of the molecule is C=CCCOc1ccc(C=N)cc1. The average Bonchev–Trinajstić information content (AvgIpc) is 2.19. The van der Waals surface area contributed by atoms with Gasteiger partial charge >= 0.3 is 0 Å². The van der Waals surface area contributed by atoms with Crippen LogP contribution in [-0.2, 0) is 0 Å². The number of rotatable bonds is 5. The van der Waals surface area contributed by atoms with Gasteiger partial charge in [-0.15, -0.1) is 6.58 Å². The molecule has 0 aliphatic carbocycles. The average molecular weight is 175 g/mol. The number of hydrogen-bond acceptors (Lipinski definition) is 2. The normalized spacial score (nSPS) is 9.23. The van der Waals surface area contributed by atoms with E-state index >= 15 is 0 Å². The Hall–Kier alpha value is -1.57. The van der Waals surface area contributed by atoms with Gasteiger partial charge in [0.15, 0.2) is 0 Å². The Morgan fingerprint density at radius 3 is 2.54 bits per heavy atom. The molecule has 0 bridgehead atoms. The lowest BCUT2D eigenvalue weighted by Gasteiger charge is -2.03. The van der Waals surface area contributed by atoms with Crippen molar-refractivity contribution < 1.29 is 4.74 Å². The van der Waals surface area contributed by atoms with Crippen LogP contribution in [0.15, 0.2) is 36.9 Å². The van der Waals surface area contributed by atoms with Crippen molar-refractivity contribution in [2.75, 3.05) is 6.61 Å². The van der Waals surface area contributed by atoms with Crippen molar-refractivity contribution in [3.8, 4) is 5.75 Å². The third-order valence-corrected chi connectivity index (χ3v) is 1.64. The highest BCUT2D eigenvalue weighted by atomic mass is 16.5. The fourth-order valence-corrected chi connectivity index (χ4v) is 0.920. The highest BCUT2D eigenvalue weighted by molar-refractivity contribution is 5.76. The minimum atomic E-state index is 0.660. The molecule has 0 heterocycles. The molecule has 0 aliphatic rings. The lowest BCUT2D eigenvalue weighted by Crippen LogP contribution is -1.95. The molecule has 0 radical (unpaired) electrons. The molecule has 1 N–H and O–H groups in total. The molecule has 13 heavy (non-hydrogen) atoms. The topological polar surface area (TPSA) is 33.1 Å². The maximum absolute atomic E-state index is 7.00. The Labute approximate surface area is 78.4 Å². The van der Waals surface area contributed by atoms with E-state index in [9.17, 15) is 0 Å². The molecule has 0 atom stereocenters. The van der Waals surface area contributed by atoms with E-state index in [0.717, 1.165) is 17.7 Å². The summed E-state index contributed by atoms with van der Waals surface area (Å²) in [6.45, 7) is 4.27. The molecule has 0 aromatic heterocycles. The molecular formula is C11H13NO. The van der Waals surface area contributed by atoms with Gasteiger partial charge in [-0.2, -0.15) is 0 Å². The fraction of sp³-hybridized carbons (Fsp3) is 0.182. The molecule has 0 spiro atoms. The summed E-state index contributed by atoms with van der Waals surface area (Å²) >= 11 is 0. The van der Waals surface area contributed by atoms with Gasteiger partial charge in [-0.05, 0) is 36.2 Å². The predicted octanol–water partition coefficient (Wildman–Crippen LogP) is 2.64. The minimum Gasteiger partial charge on any atom is -0.493 e. The van der Waals surface area contributed by atoms with Crippen LogP contribution in [0, 0.1) is 5.41 Å². The second kappa shape index (κ2) is 5.14. The van der Waals surface area contributed by atoms with Crippen LogP contribution < -0.4 is 4.74 Å². The first-order valence-electron chi connectivity index (χ1n) is 4.21. The smallest absolute Gasteiger partial charge is 0.119 e. The van der Waals surface area contributed by atoms with E-state index in [-0.39, 0.29) is 0 Å². The summed E-state index contributed by atoms with van der Waals surface area (Å²) in [5.41, 5.74) is 0.885. The van der Waals surface area contributed by atoms with Gasteiger partial charge in [0.05, 0.1) is 6.61 Å². The lowest BCUT2D eigenvalue weighted by atomic mass is 10.2. The third kappa shape index (κ3) is 3.11. The summed E-state index contributed by atoms with van der Waals surface area (Å²) in [6, 6.07) is 7.44. The highest BCUT2D eigenvalue weighted by Crippen LogP contribution is 2.10. The van der Waals surface area contributed by atoms with E-state index in [2.05, 4.69) is 6.58 Å². The van der Waals surface area contributed by atoms with E-state index in [1.165, 1.54) is 6.21 Å². The second-order valence-electron chi connectivity index (χ2n) is 2.64. The number of ether oxygens (including phenoxy) is 1. The first-order chi connectivity index (χ1) is 6.36. The molecule has 0 amide bonds. The molecular weight excluding hydrogens is 162 g/mol. The Morgan fingerprint density at radius 1 is 1.31 bits per heavy atom. The van der Waals surface area contributed by atoms with Crippen LogP contribution in [-0.4, -0.2) is 12.8 Å². The molecule has 0 saturated carbocycles. The van der Waals surface area contributed by atoms with Crippen LogP contribution in [0.25, 0.3) is 0 Å². The van der Waals surface area contributed by atoms with Gasteiger partial charge in [0, 0.05) is 6.21 Å². The quantitative estimate of drug-likeness (QED) is 0.416. The molecule has 68 valence electrons. The molecule has 2 nitrogen and oxygen atoms in total. The van der Waals surface area contributed by atoms with Crippen molar-refractivity contribution in [3.63, 3.8) is 0 Å². The molecule has 0 saturated heterocycles. The van der Waals surface area contributed by atoms with Crippen LogP contribution in [0.1, 0.15) is 12.0 Å². The zero-order valence-electron chi connectivity index (χ0n) is 7.49. The summed E-state index contributed by atoms with van der Waals surface area (Å²) < 4.78 is 5.40. The van der Waals surface area contributed by atoms with E-state index in [0.29, 0.717) is 6.61 Å². The van der Waals surface area contributed by atoms with Gasteiger partial charge in [0.1, 0.15) is 5.75 Å². The maximum atomic E-state index is 7.00. The van der Waals surface area contributed by atoms with Crippen LogP contribution in [0.4, 0.5) is 0 Å². The molecule has 1 rings (SSSR count). The molecule has 1 aromatic rings. The lowest BCUT2D eigenvalue weighted by molar-refractivity contribution is 0.325. The summed E-state index contributed by atoms with van der Waals surface area (Å²) in [7, 11) is 0. The van der Waals surface area contributed by atoms with Crippen molar-refractivity contribution in [1.82, 2.24) is 0 Å². The maximum Gasteiger partial charge on any atom is 0.119 e. The summed E-state index contributed by atoms with van der Waals surface area (Å²) in [4.78, 5) is 0. The summed E-state index contributed by atoms with van der Waals surface area (Å²) in [5.74, 6) is 0.840. The van der Waals surface area contributed by atoms with Gasteiger partial charge in [-0.1, -0.05) is 6.08 Å². The molecule has 0 unspecified atom stereocenters. The van der Waals surface area contributed by atoms with Gasteiger partial charge < -0.3 is 10.1 Å². The zero-order valence-corrected chi connectivity index (χ0v) is 7.49. The first kappa shape index (κ1) is 9.52. The van der Waals surface area contributed by atoms with Gasteiger partial charge in [0.2, 0.25) is 0 Å². The Bertz CT molecular complexity index is 277. The second-order valence-corrected chi connectivity index (χ2v) is 2.64. The molecule has 1 aromatic carbocycles. The molecule has 0 aliphatic heterocycles. The highest BCUT2D eigenvalue weighted by Gasteiger charge is 1.91. The Balaban J connectivity index is 2.48. The van der Waals surface area contributed by atoms with Crippen LogP contribution in [0.5, 0.6) is 5.75 Å². The molecule has 0 fully saturated rings. The van der Waals surface area contributed by atoms with Crippen molar-refractivity contribution >= 4 is 6.21 Å². The van der Waals surface area contributed by atoms with Crippen molar-refractivity contribution in [3.05, 3.63) is 42.5 Å². The number of hydrogen-bond donors (Lipinski definition) is 1. The van der Waals surface area contributed by atoms with E-state index in [4.69, 9.17) is 10.1 Å². The van der Waals surface area contributed by atoms with Crippen LogP contribution in [0.3, 0.4) is 0 Å². The van der Waals surface area contributed by atoms with Gasteiger partial charge in [-0.3, -0.25) is 0 Å². The van der Waals surface area contributed by atoms with Crippen LogP contribution >= 0.6 is 0 Å². The third-order valence-electron chi connectivity index (χ3n) is 1.64. The Morgan fingerprint density at radius 2 is 2.00 bits per heavy atom. The fourth-order valence-electron chi connectivity index (χ4n) is 0.920. The van der Waals surface area contributed by atoms with Gasteiger partial charge in [-0.25, -0.2) is 0 Å². The van der Waals surface area contributed by atoms with Crippen molar-refractivity contribution in [2.45, 2.75) is 6.42 Å². The minimum absolute atomic E-state index is 0.660. The first-order valence-corrected chi connectivity index (χ1v) is 4.21. The standard InChI is InChI=1S/C11H13NO/c1-2-3-8-13-11-6-4-10(9-12)5-7-11/h2,4-7,9,12H,1,3,8H2. The number of nitrogens with one attached hydrogen (secondary N) is 1. The monoisotopic (exact) mass is 175 g/mol. The van der Waals surface area contributed by atoms with Gasteiger partial charge in [0.25, 0.3) is 0 Å². The largest absolute Gasteiger partial charge is 0.493 e. The zero-order chi connectivity index (χ0) is 9.52. The predicted molar refractivity (Wildman–Crippen MR) is 54.6 cm³/mol. The van der Waals surface area contributed by atoms with E-state index in [1.807, 2.05) is 30.3 Å². The van der Waals surface area contributed by atoms with Crippen molar-refractivity contribution in [1.29, 1.82) is 5.41 Å². The number of benzene rings is 1. The summed E-state index contributed by atoms with van der Waals surface area (Å²) in [6.07, 6.45) is 3.99. The molecule has 2 heteroatoms. The van der Waals surface area contributed by atoms with Crippen LogP contribution in [0.2, 0.25) is 0 Å². The summed E-state index contributed by atoms with van der Waals surface area (Å²) in [5, 5.41) is 7.00. The van der Waals surface area contributed by atoms with E-state index < -0.39 is 0 Å². The van der Waals surface area contributed by atoms with E-state index in [1.54, 1.807) is 0 Å².